The molecule has 0 spiro atoms. The molecular formula is C23H27ClN4O6S. The van der Waals surface area contributed by atoms with Gasteiger partial charge in [0.05, 0.1) is 4.90 Å². The normalized spacial score (nSPS) is 21.8. The van der Waals surface area contributed by atoms with Gasteiger partial charge in [-0.25, -0.2) is 13.2 Å². The Labute approximate surface area is 208 Å². The number of nitrogens with zero attached hydrogens (tertiary/aromatic N) is 2. The number of sulfonamides is 1. The number of hydrogen-bond acceptors (Lipinski definition) is 5. The standard InChI is InChI=1S/C23H27ClN4O6S/c1-14(21(29)27-9-2-3-18(13-27)25-23(31)32)28-10-8-20(22(28)30)26-35(33,34)19-7-5-15-11-17(24)6-4-16(15)12-19/h4-7,11-12,14,18,20,25-26H,2-3,8-10,13H2,1H3,(H,31,32)/t14-,18?,20-/m0/s1. The van der Waals surface area contributed by atoms with Crippen LogP contribution in [0.15, 0.2) is 41.3 Å². The van der Waals surface area contributed by atoms with Gasteiger partial charge in [-0.05, 0) is 61.2 Å². The van der Waals surface area contributed by atoms with Crippen LogP contribution in [0.4, 0.5) is 4.79 Å². The number of carbonyl (C=O) groups is 3. The topological polar surface area (TPSA) is 136 Å². The summed E-state index contributed by atoms with van der Waals surface area (Å²) in [6, 6.07) is 7.66. The summed E-state index contributed by atoms with van der Waals surface area (Å²) >= 11 is 5.99. The number of benzene rings is 2. The number of nitrogens with one attached hydrogen (secondary N) is 2. The molecule has 3 N–H and O–H groups in total. The maximum Gasteiger partial charge on any atom is 0.404 e. The van der Waals surface area contributed by atoms with Crippen molar-refractivity contribution >= 4 is 50.3 Å². The molecule has 2 saturated heterocycles. The summed E-state index contributed by atoms with van der Waals surface area (Å²) in [6.45, 7) is 2.56. The number of piperidine rings is 1. The second kappa shape index (κ2) is 10.00. The maximum atomic E-state index is 13.0. The Morgan fingerprint density at radius 2 is 1.83 bits per heavy atom. The first-order valence-electron chi connectivity index (χ1n) is 11.4. The minimum atomic E-state index is -3.98. The Balaban J connectivity index is 1.42. The average Bonchev–Trinajstić information content (AvgIpc) is 3.16. The van der Waals surface area contributed by atoms with E-state index in [9.17, 15) is 22.8 Å². The molecule has 1 unspecified atom stereocenters. The van der Waals surface area contributed by atoms with Gasteiger partial charge in [0.2, 0.25) is 21.8 Å². The highest BCUT2D eigenvalue weighted by Crippen LogP contribution is 2.24. The first kappa shape index (κ1) is 25.2. The van der Waals surface area contributed by atoms with Crippen molar-refractivity contribution in [3.05, 3.63) is 41.4 Å². The Hall–Kier alpha value is -2.89. The van der Waals surface area contributed by atoms with E-state index in [1.807, 2.05) is 0 Å². The molecule has 0 bridgehead atoms. The summed E-state index contributed by atoms with van der Waals surface area (Å²) in [5, 5.41) is 13.4. The third kappa shape index (κ3) is 5.52. The number of fused-ring (bicyclic) bond motifs is 1. The molecule has 0 aromatic heterocycles. The highest BCUT2D eigenvalue weighted by molar-refractivity contribution is 7.89. The largest absolute Gasteiger partial charge is 0.465 e. The minimum absolute atomic E-state index is 0.0352. The highest BCUT2D eigenvalue weighted by Gasteiger charge is 2.40. The molecule has 2 aliphatic heterocycles. The second-order valence-electron chi connectivity index (χ2n) is 8.90. The molecule has 2 aromatic rings. The summed E-state index contributed by atoms with van der Waals surface area (Å²) in [5.41, 5.74) is 0. The van der Waals surface area contributed by atoms with Crippen molar-refractivity contribution in [3.8, 4) is 0 Å². The van der Waals surface area contributed by atoms with Crippen molar-refractivity contribution in [2.75, 3.05) is 19.6 Å². The number of amides is 3. The Morgan fingerprint density at radius 3 is 2.57 bits per heavy atom. The number of rotatable bonds is 6. The fourth-order valence-electron chi connectivity index (χ4n) is 4.68. The van der Waals surface area contributed by atoms with Crippen molar-refractivity contribution in [2.45, 2.75) is 49.2 Å². The van der Waals surface area contributed by atoms with Crippen LogP contribution in [0.3, 0.4) is 0 Å². The van der Waals surface area contributed by atoms with Crippen LogP contribution in [-0.2, 0) is 19.6 Å². The SMILES string of the molecule is C[C@@H](C(=O)N1CCCC(NC(=O)O)C1)N1CC[C@H](NS(=O)(=O)c2ccc3cc(Cl)ccc3c2)C1=O. The van der Waals surface area contributed by atoms with Gasteiger partial charge in [0.15, 0.2) is 0 Å². The predicted molar refractivity (Wildman–Crippen MR) is 130 cm³/mol. The first-order chi connectivity index (χ1) is 16.5. The third-order valence-electron chi connectivity index (χ3n) is 6.51. The van der Waals surface area contributed by atoms with E-state index in [4.69, 9.17) is 16.7 Å². The molecular weight excluding hydrogens is 496 g/mol. The molecule has 3 atom stereocenters. The van der Waals surface area contributed by atoms with Crippen LogP contribution >= 0.6 is 11.6 Å². The van der Waals surface area contributed by atoms with E-state index in [1.165, 1.54) is 17.0 Å². The minimum Gasteiger partial charge on any atom is -0.465 e. The molecule has 35 heavy (non-hydrogen) atoms. The van der Waals surface area contributed by atoms with E-state index < -0.39 is 34.1 Å². The molecule has 188 valence electrons. The van der Waals surface area contributed by atoms with Crippen LogP contribution < -0.4 is 10.0 Å². The zero-order valence-electron chi connectivity index (χ0n) is 19.1. The lowest BCUT2D eigenvalue weighted by atomic mass is 10.0. The Bertz CT molecular complexity index is 1270. The van der Waals surface area contributed by atoms with Gasteiger partial charge in [-0.2, -0.15) is 4.72 Å². The Morgan fingerprint density at radius 1 is 1.11 bits per heavy atom. The molecule has 0 saturated carbocycles. The van der Waals surface area contributed by atoms with Gasteiger partial charge < -0.3 is 20.2 Å². The Kier molecular flexibility index (Phi) is 7.20. The molecule has 0 aliphatic carbocycles. The van der Waals surface area contributed by atoms with Gasteiger partial charge >= 0.3 is 6.09 Å². The fraction of sp³-hybridized carbons (Fsp3) is 0.435. The van der Waals surface area contributed by atoms with Crippen LogP contribution in [0, 0.1) is 0 Å². The van der Waals surface area contributed by atoms with E-state index >= 15 is 0 Å². The molecule has 10 nitrogen and oxygen atoms in total. The van der Waals surface area contributed by atoms with Gasteiger partial charge in [-0.1, -0.05) is 23.7 Å². The van der Waals surface area contributed by atoms with Gasteiger partial charge in [0.25, 0.3) is 0 Å². The van der Waals surface area contributed by atoms with Crippen LogP contribution in [0.25, 0.3) is 10.8 Å². The van der Waals surface area contributed by atoms with E-state index in [2.05, 4.69) is 10.0 Å². The molecule has 2 fully saturated rings. The number of hydrogen-bond donors (Lipinski definition) is 3. The molecule has 2 aliphatic rings. The van der Waals surface area contributed by atoms with Gasteiger partial charge in [0, 0.05) is 30.7 Å². The van der Waals surface area contributed by atoms with Gasteiger partial charge in [-0.3, -0.25) is 9.59 Å². The summed E-state index contributed by atoms with van der Waals surface area (Å²) in [6.07, 6.45) is 0.385. The number of likely N-dealkylation sites (tertiary alicyclic amines) is 2. The average molecular weight is 523 g/mol. The quantitative estimate of drug-likeness (QED) is 0.531. The molecule has 3 amide bonds. The predicted octanol–water partition coefficient (Wildman–Crippen LogP) is 2.02. The van der Waals surface area contributed by atoms with Crippen molar-refractivity contribution in [1.29, 1.82) is 0 Å². The molecule has 12 heteroatoms. The third-order valence-corrected chi connectivity index (χ3v) is 8.21. The van der Waals surface area contributed by atoms with Gasteiger partial charge in [0.1, 0.15) is 12.1 Å². The molecule has 2 aromatic carbocycles. The van der Waals surface area contributed by atoms with Crippen LogP contribution in [0.1, 0.15) is 26.2 Å². The van der Waals surface area contributed by atoms with Crippen molar-refractivity contribution in [1.82, 2.24) is 19.8 Å². The zero-order chi connectivity index (χ0) is 25.3. The molecule has 2 heterocycles. The van der Waals surface area contributed by atoms with Crippen molar-refractivity contribution in [3.63, 3.8) is 0 Å². The monoisotopic (exact) mass is 522 g/mol. The molecule has 0 radical (unpaired) electrons. The van der Waals surface area contributed by atoms with Gasteiger partial charge in [-0.15, -0.1) is 0 Å². The van der Waals surface area contributed by atoms with Crippen LogP contribution in [0.2, 0.25) is 5.02 Å². The van der Waals surface area contributed by atoms with E-state index in [0.717, 1.165) is 5.39 Å². The number of carbonyl (C=O) groups excluding carboxylic acids is 2. The number of halogens is 1. The highest BCUT2D eigenvalue weighted by atomic mass is 35.5. The summed E-state index contributed by atoms with van der Waals surface area (Å²) < 4.78 is 28.5. The summed E-state index contributed by atoms with van der Waals surface area (Å²) in [7, 11) is -3.98. The zero-order valence-corrected chi connectivity index (χ0v) is 20.7. The fourth-order valence-corrected chi connectivity index (χ4v) is 6.12. The second-order valence-corrected chi connectivity index (χ2v) is 11.0. The van der Waals surface area contributed by atoms with E-state index in [0.29, 0.717) is 29.8 Å². The van der Waals surface area contributed by atoms with E-state index in [1.54, 1.807) is 36.1 Å². The lowest BCUT2D eigenvalue weighted by Gasteiger charge is -2.36. The van der Waals surface area contributed by atoms with Crippen LogP contribution in [0.5, 0.6) is 0 Å². The number of carboxylic acid groups (broad SMARTS) is 1. The lowest BCUT2D eigenvalue weighted by Crippen LogP contribution is -2.55. The molecule has 4 rings (SSSR count). The lowest BCUT2D eigenvalue weighted by molar-refractivity contribution is -0.144. The first-order valence-corrected chi connectivity index (χ1v) is 13.2. The smallest absolute Gasteiger partial charge is 0.404 e. The van der Waals surface area contributed by atoms with Crippen molar-refractivity contribution < 1.29 is 27.9 Å². The maximum absolute atomic E-state index is 13.0. The summed E-state index contributed by atoms with van der Waals surface area (Å²) in [4.78, 5) is 40.0. The summed E-state index contributed by atoms with van der Waals surface area (Å²) in [5.74, 6) is -0.744. The van der Waals surface area contributed by atoms with Crippen molar-refractivity contribution in [2.24, 2.45) is 0 Å². The van der Waals surface area contributed by atoms with Crippen LogP contribution in [-0.4, -0.2) is 79.0 Å². The van der Waals surface area contributed by atoms with E-state index in [-0.39, 0.29) is 36.4 Å².